The number of hydrogen-bond acceptors (Lipinski definition) is 0. The molecular weight excluding hydrogens is 668 g/mol. The van der Waals surface area contributed by atoms with E-state index in [0.717, 1.165) is 7.35 Å². The molecule has 0 bridgehead atoms. The number of allylic oxidation sites excluding steroid dienone is 2. The van der Waals surface area contributed by atoms with Gasteiger partial charge in [-0.3, -0.25) is 0 Å². The fourth-order valence-electron chi connectivity index (χ4n) is 3.31. The number of halogens is 2. The molecule has 0 saturated heterocycles. The molecule has 2 aliphatic carbocycles. The largest absolute Gasteiger partial charge is 0.147 e. The van der Waals surface area contributed by atoms with Gasteiger partial charge in [0, 0.05) is 0 Å². The van der Waals surface area contributed by atoms with Gasteiger partial charge < -0.3 is 0 Å². The van der Waals surface area contributed by atoms with Crippen LogP contribution < -0.4 is 0 Å². The molecule has 0 nitrogen and oxygen atoms in total. The summed E-state index contributed by atoms with van der Waals surface area (Å²) in [6.45, 7) is 0. The van der Waals surface area contributed by atoms with Gasteiger partial charge in [-0.1, -0.05) is 0 Å². The van der Waals surface area contributed by atoms with Crippen molar-refractivity contribution in [2.45, 2.75) is 15.7 Å². The Bertz CT molecular complexity index is 676. The fourth-order valence-corrected chi connectivity index (χ4v) is 20.2. The van der Waals surface area contributed by atoms with E-state index in [2.05, 4.69) is 72.8 Å². The minimum absolute atomic E-state index is 0. The molecule has 4 rings (SSSR count). The number of benzene rings is 2. The maximum absolute atomic E-state index is 2.49. The van der Waals surface area contributed by atoms with Crippen molar-refractivity contribution in [1.82, 2.24) is 0 Å². The molecule has 0 aliphatic heterocycles. The summed E-state index contributed by atoms with van der Waals surface area (Å²) in [4.78, 5) is 0. The molecule has 0 radical (unpaired) electrons. The van der Waals surface area contributed by atoms with Gasteiger partial charge in [-0.25, -0.2) is 0 Å². The van der Waals surface area contributed by atoms with Crippen LogP contribution >= 0.6 is 24.8 Å². The first-order valence-corrected chi connectivity index (χ1v) is 17.2. The predicted octanol–water partition coefficient (Wildman–Crippen LogP) is 6.37. The fraction of sp³-hybridized carbons (Fsp3) is 0.200. The standard InChI is InChI=1S/2C9H7.C2H4.2ClH.2Hf/c2*1-2-5-9-7-3-6-8(9)4-1;1-2;;;;/h2*1-7H;1-2H2;2*1H;;. The van der Waals surface area contributed by atoms with Gasteiger partial charge >= 0.3 is 157 Å². The van der Waals surface area contributed by atoms with Crippen molar-refractivity contribution >= 4 is 37.0 Å². The monoisotopic (exact) mass is 690 g/mol. The van der Waals surface area contributed by atoms with Crippen molar-refractivity contribution in [2.75, 3.05) is 0 Å². The van der Waals surface area contributed by atoms with Crippen molar-refractivity contribution in [3.05, 3.63) is 82.9 Å². The van der Waals surface area contributed by atoms with Gasteiger partial charge in [0.1, 0.15) is 0 Å². The molecule has 122 valence electrons. The first kappa shape index (κ1) is 20.6. The van der Waals surface area contributed by atoms with Crippen LogP contribution in [0.25, 0.3) is 12.2 Å². The second kappa shape index (κ2) is 9.80. The van der Waals surface area contributed by atoms with Gasteiger partial charge in [0.05, 0.1) is 0 Å². The van der Waals surface area contributed by atoms with Gasteiger partial charge in [0.2, 0.25) is 0 Å². The van der Waals surface area contributed by atoms with Crippen LogP contribution in [-0.4, -0.2) is 0 Å². The molecule has 4 heteroatoms. The normalized spacial score (nSPS) is 19.0. The summed E-state index contributed by atoms with van der Waals surface area (Å²) < 4.78 is 4.93. The van der Waals surface area contributed by atoms with Crippen LogP contribution in [0.2, 0.25) is 8.35 Å². The first-order valence-electron chi connectivity index (χ1n) is 7.93. The SMILES string of the molecule is C1=C[CH]([Hf][CH2][CH2][Hf][CH]2C=Cc3ccccc32)c2ccccc21.Cl.Cl. The van der Waals surface area contributed by atoms with Crippen LogP contribution in [-0.2, 0) is 45.8 Å². The van der Waals surface area contributed by atoms with Crippen molar-refractivity contribution in [1.29, 1.82) is 0 Å². The minimum atomic E-state index is -0.528. The Kier molecular flexibility index (Phi) is 8.40. The number of rotatable bonds is 5. The van der Waals surface area contributed by atoms with Crippen molar-refractivity contribution in [3.63, 3.8) is 0 Å². The quantitative estimate of drug-likeness (QED) is 0.253. The molecule has 2 aromatic carbocycles. The third-order valence-electron chi connectivity index (χ3n) is 4.45. The molecule has 0 spiro atoms. The van der Waals surface area contributed by atoms with E-state index in [1.807, 2.05) is 0 Å². The Hall–Kier alpha value is 0.240. The summed E-state index contributed by atoms with van der Waals surface area (Å²) in [5, 5.41) is 0. The summed E-state index contributed by atoms with van der Waals surface area (Å²) in [6.07, 6.45) is 9.69. The first-order chi connectivity index (χ1) is 10.9. The summed E-state index contributed by atoms with van der Waals surface area (Å²) in [5.74, 6) is 0. The third-order valence-corrected chi connectivity index (χ3v) is 21.6. The maximum Gasteiger partial charge on any atom is -0.147 e. The molecule has 0 heterocycles. The van der Waals surface area contributed by atoms with Crippen LogP contribution in [0.3, 0.4) is 0 Å². The van der Waals surface area contributed by atoms with Gasteiger partial charge in [0.15, 0.2) is 0 Å². The maximum atomic E-state index is 2.49. The van der Waals surface area contributed by atoms with E-state index in [4.69, 9.17) is 0 Å². The van der Waals surface area contributed by atoms with Gasteiger partial charge in [-0.15, -0.1) is 24.8 Å². The molecule has 2 atom stereocenters. The minimum Gasteiger partial charge on any atom is -0.147 e. The molecule has 24 heavy (non-hydrogen) atoms. The molecule has 0 fully saturated rings. The van der Waals surface area contributed by atoms with Crippen molar-refractivity contribution < 1.29 is 45.8 Å². The van der Waals surface area contributed by atoms with Crippen LogP contribution in [0.1, 0.15) is 29.6 Å². The smallest absolute Gasteiger partial charge is 0.147 e. The van der Waals surface area contributed by atoms with E-state index in [1.165, 1.54) is 11.1 Å². The zero-order valence-corrected chi connectivity index (χ0v) is 22.1. The zero-order chi connectivity index (χ0) is 14.8. The van der Waals surface area contributed by atoms with Crippen molar-refractivity contribution in [3.8, 4) is 0 Å². The van der Waals surface area contributed by atoms with E-state index in [0.29, 0.717) is 0 Å². The van der Waals surface area contributed by atoms with Gasteiger partial charge in [0.25, 0.3) is 0 Å². The molecule has 0 amide bonds. The van der Waals surface area contributed by atoms with Crippen LogP contribution in [0.5, 0.6) is 0 Å². The Morgan fingerprint density at radius 2 is 1.04 bits per heavy atom. The second-order valence-electron chi connectivity index (χ2n) is 5.84. The van der Waals surface area contributed by atoms with Crippen LogP contribution in [0, 0.1) is 0 Å². The average Bonchev–Trinajstić information content (AvgIpc) is 3.16. The third kappa shape index (κ3) is 4.50. The predicted molar refractivity (Wildman–Crippen MR) is 101 cm³/mol. The molecule has 2 unspecified atom stereocenters. The van der Waals surface area contributed by atoms with E-state index in [-0.39, 0.29) is 24.8 Å². The Morgan fingerprint density at radius 3 is 1.50 bits per heavy atom. The molecule has 2 aromatic rings. The average molecular weight is 688 g/mol. The van der Waals surface area contributed by atoms with Crippen molar-refractivity contribution in [2.24, 2.45) is 0 Å². The van der Waals surface area contributed by atoms with Gasteiger partial charge in [-0.2, -0.15) is 0 Å². The molecule has 0 N–H and O–H groups in total. The molecule has 0 saturated carbocycles. The van der Waals surface area contributed by atoms with E-state index in [9.17, 15) is 0 Å². The molecule has 2 aliphatic rings. The summed E-state index contributed by atoms with van der Waals surface area (Å²) >= 11 is -1.06. The summed E-state index contributed by atoms with van der Waals surface area (Å²) in [6, 6.07) is 18.0. The van der Waals surface area contributed by atoms with Crippen LogP contribution in [0.15, 0.2) is 60.7 Å². The number of hydrogen-bond donors (Lipinski definition) is 0. The Labute approximate surface area is 179 Å². The summed E-state index contributed by atoms with van der Waals surface area (Å²) in [7, 11) is 0. The van der Waals surface area contributed by atoms with Crippen LogP contribution in [0.4, 0.5) is 0 Å². The van der Waals surface area contributed by atoms with E-state index >= 15 is 0 Å². The number of fused-ring (bicyclic) bond motifs is 2. The zero-order valence-electron chi connectivity index (χ0n) is 13.3. The Balaban J connectivity index is 0.00000104. The topological polar surface area (TPSA) is 0 Å². The van der Waals surface area contributed by atoms with E-state index < -0.39 is 45.8 Å². The molecular formula is C20H20Cl2Hf2. The van der Waals surface area contributed by atoms with E-state index in [1.54, 1.807) is 19.5 Å². The summed E-state index contributed by atoms with van der Waals surface area (Å²) in [5.41, 5.74) is 6.22. The van der Waals surface area contributed by atoms with Gasteiger partial charge in [-0.05, 0) is 0 Å². The molecule has 0 aromatic heterocycles. The Morgan fingerprint density at radius 1 is 0.625 bits per heavy atom. The second-order valence-corrected chi connectivity index (χ2v) is 16.8.